The number of rotatable bonds is 3. The van der Waals surface area contributed by atoms with Crippen LogP contribution in [-0.2, 0) is 4.74 Å². The predicted molar refractivity (Wildman–Crippen MR) is 66.1 cm³/mol. The minimum absolute atomic E-state index is 0.0650. The van der Waals surface area contributed by atoms with Gasteiger partial charge in [0.25, 0.3) is 0 Å². The van der Waals surface area contributed by atoms with Crippen LogP contribution in [0.25, 0.3) is 0 Å². The van der Waals surface area contributed by atoms with Crippen molar-refractivity contribution in [3.63, 3.8) is 0 Å². The van der Waals surface area contributed by atoms with Crippen LogP contribution in [0.5, 0.6) is 0 Å². The molecule has 4 unspecified atom stereocenters. The van der Waals surface area contributed by atoms with Gasteiger partial charge in [-0.25, -0.2) is 4.98 Å². The zero-order valence-corrected chi connectivity index (χ0v) is 10.9. The number of fused-ring (bicyclic) bond motifs is 2. The molecule has 2 fully saturated rings. The largest absolute Gasteiger partial charge is 0.385 e. The topological polar surface area (TPSA) is 68.4 Å². The lowest BCUT2D eigenvalue weighted by molar-refractivity contribution is -0.0264. The van der Waals surface area contributed by atoms with Gasteiger partial charge in [-0.05, 0) is 19.3 Å². The van der Waals surface area contributed by atoms with E-state index in [0.717, 1.165) is 19.3 Å². The molecule has 0 radical (unpaired) electrons. The van der Waals surface area contributed by atoms with Gasteiger partial charge in [0.05, 0.1) is 18.4 Å². The summed E-state index contributed by atoms with van der Waals surface area (Å²) in [6.07, 6.45) is 4.12. The lowest BCUT2D eigenvalue weighted by atomic mass is 9.70. The predicted octanol–water partition coefficient (Wildman–Crippen LogP) is 1.73. The molecule has 0 spiro atoms. The van der Waals surface area contributed by atoms with Crippen molar-refractivity contribution in [2.24, 2.45) is 11.1 Å². The zero-order valence-electron chi connectivity index (χ0n) is 9.30. The highest BCUT2D eigenvalue weighted by Gasteiger charge is 2.56. The number of thiazole rings is 1. The Morgan fingerprint density at radius 3 is 3.00 bits per heavy atom. The maximum Gasteiger partial charge on any atom is 0.123 e. The van der Waals surface area contributed by atoms with Gasteiger partial charge < -0.3 is 15.6 Å². The first-order valence-electron chi connectivity index (χ1n) is 5.80. The number of aliphatic hydroxyl groups excluding tert-OH is 1. The third-order valence-electron chi connectivity index (χ3n) is 4.01. The minimum Gasteiger partial charge on any atom is -0.385 e. The third-order valence-corrected chi connectivity index (χ3v) is 5.18. The molecule has 4 atom stereocenters. The molecule has 0 aliphatic carbocycles. The van der Waals surface area contributed by atoms with E-state index in [1.54, 1.807) is 6.20 Å². The number of ether oxygens (including phenoxy) is 1. The van der Waals surface area contributed by atoms with Crippen LogP contribution in [0.2, 0.25) is 4.34 Å². The lowest BCUT2D eigenvalue weighted by Crippen LogP contribution is -2.44. The summed E-state index contributed by atoms with van der Waals surface area (Å²) in [6, 6.07) is 0. The van der Waals surface area contributed by atoms with Crippen LogP contribution in [-0.4, -0.2) is 28.8 Å². The summed E-state index contributed by atoms with van der Waals surface area (Å²) in [6.45, 7) is 0.423. The molecule has 1 aromatic rings. The van der Waals surface area contributed by atoms with E-state index in [1.807, 2.05) is 0 Å². The second kappa shape index (κ2) is 4.17. The molecule has 2 bridgehead atoms. The Hall–Kier alpha value is -0.200. The van der Waals surface area contributed by atoms with Crippen molar-refractivity contribution in [2.45, 2.75) is 37.6 Å². The quantitative estimate of drug-likeness (QED) is 0.881. The van der Waals surface area contributed by atoms with Crippen molar-refractivity contribution in [3.05, 3.63) is 15.5 Å². The smallest absolute Gasteiger partial charge is 0.123 e. The molecule has 2 aliphatic heterocycles. The molecular weight excluding hydrogens is 260 g/mol. The molecule has 0 aromatic carbocycles. The fraction of sp³-hybridized carbons (Fsp3) is 0.727. The highest BCUT2D eigenvalue weighted by molar-refractivity contribution is 7.15. The van der Waals surface area contributed by atoms with E-state index in [0.29, 0.717) is 15.9 Å². The molecule has 0 saturated carbocycles. The van der Waals surface area contributed by atoms with Gasteiger partial charge in [0.2, 0.25) is 0 Å². The summed E-state index contributed by atoms with van der Waals surface area (Å²) in [7, 11) is 0. The summed E-state index contributed by atoms with van der Waals surface area (Å²) in [4.78, 5) is 4.16. The maximum absolute atomic E-state index is 10.5. The standard InChI is InChI=1S/C11H15ClN2O2S/c12-8-4-14-10(17-8)9(15)11(5-13)3-6-1-2-7(11)16-6/h4,6-7,9,15H,1-3,5,13H2. The van der Waals surface area contributed by atoms with Gasteiger partial charge in [-0.3, -0.25) is 0 Å². The van der Waals surface area contributed by atoms with Crippen LogP contribution in [0.1, 0.15) is 30.4 Å². The number of hydrogen-bond acceptors (Lipinski definition) is 5. The summed E-state index contributed by atoms with van der Waals surface area (Å²) in [5.74, 6) is 0. The van der Waals surface area contributed by atoms with E-state index >= 15 is 0 Å². The second-order valence-electron chi connectivity index (χ2n) is 4.87. The van der Waals surface area contributed by atoms with Gasteiger partial charge in [-0.15, -0.1) is 11.3 Å². The van der Waals surface area contributed by atoms with Crippen LogP contribution in [0.4, 0.5) is 0 Å². The van der Waals surface area contributed by atoms with Crippen molar-refractivity contribution < 1.29 is 9.84 Å². The van der Waals surface area contributed by atoms with Crippen LogP contribution < -0.4 is 5.73 Å². The molecule has 1 aromatic heterocycles. The first kappa shape index (κ1) is 11.9. The maximum atomic E-state index is 10.5. The van der Waals surface area contributed by atoms with Gasteiger partial charge in [0.15, 0.2) is 0 Å². The Kier molecular flexibility index (Phi) is 2.91. The Morgan fingerprint density at radius 2 is 2.53 bits per heavy atom. The Bertz CT molecular complexity index is 427. The van der Waals surface area contributed by atoms with Crippen molar-refractivity contribution >= 4 is 22.9 Å². The summed E-state index contributed by atoms with van der Waals surface area (Å²) in [5, 5.41) is 11.2. The van der Waals surface area contributed by atoms with E-state index < -0.39 is 6.10 Å². The highest BCUT2D eigenvalue weighted by Crippen LogP contribution is 2.54. The fourth-order valence-electron chi connectivity index (χ4n) is 3.09. The van der Waals surface area contributed by atoms with E-state index in [9.17, 15) is 5.11 Å². The number of nitrogens with two attached hydrogens (primary N) is 1. The molecule has 4 nitrogen and oxygen atoms in total. The van der Waals surface area contributed by atoms with Crippen LogP contribution in [0.15, 0.2) is 6.20 Å². The number of nitrogens with zero attached hydrogens (tertiary/aromatic N) is 1. The number of aromatic nitrogens is 1. The van der Waals surface area contributed by atoms with Crippen LogP contribution in [0, 0.1) is 5.41 Å². The van der Waals surface area contributed by atoms with Crippen molar-refractivity contribution in [2.75, 3.05) is 6.54 Å². The van der Waals surface area contributed by atoms with Crippen molar-refractivity contribution in [1.82, 2.24) is 4.98 Å². The summed E-state index contributed by atoms with van der Waals surface area (Å²) < 4.78 is 6.43. The number of halogens is 1. The lowest BCUT2D eigenvalue weighted by Gasteiger charge is -2.37. The molecular formula is C11H15ClN2O2S. The van der Waals surface area contributed by atoms with Gasteiger partial charge in [0.1, 0.15) is 15.4 Å². The highest BCUT2D eigenvalue weighted by atomic mass is 35.5. The molecule has 17 heavy (non-hydrogen) atoms. The molecule has 2 aliphatic rings. The first-order chi connectivity index (χ1) is 8.15. The molecule has 3 N–H and O–H groups in total. The Labute approximate surface area is 109 Å². The molecule has 3 rings (SSSR count). The molecule has 94 valence electrons. The SMILES string of the molecule is NCC1(C(O)c2ncc(Cl)s2)CC2CCC1O2. The normalized spacial score (nSPS) is 37.6. The average Bonchev–Trinajstić information content (AvgIpc) is 3.02. The van der Waals surface area contributed by atoms with E-state index in [4.69, 9.17) is 22.1 Å². The van der Waals surface area contributed by atoms with Crippen molar-refractivity contribution in [3.8, 4) is 0 Å². The van der Waals surface area contributed by atoms with Gasteiger partial charge in [-0.1, -0.05) is 11.6 Å². The monoisotopic (exact) mass is 274 g/mol. The van der Waals surface area contributed by atoms with E-state index in [1.165, 1.54) is 11.3 Å². The molecule has 2 saturated heterocycles. The zero-order chi connectivity index (χ0) is 12.0. The van der Waals surface area contributed by atoms with Crippen LogP contribution in [0.3, 0.4) is 0 Å². The van der Waals surface area contributed by atoms with Crippen LogP contribution >= 0.6 is 22.9 Å². The Morgan fingerprint density at radius 1 is 1.71 bits per heavy atom. The van der Waals surface area contributed by atoms with Gasteiger partial charge in [0, 0.05) is 12.0 Å². The minimum atomic E-state index is -0.666. The van der Waals surface area contributed by atoms with Crippen molar-refractivity contribution in [1.29, 1.82) is 0 Å². The van der Waals surface area contributed by atoms with E-state index in [-0.39, 0.29) is 17.6 Å². The number of hydrogen-bond donors (Lipinski definition) is 2. The van der Waals surface area contributed by atoms with Gasteiger partial charge in [-0.2, -0.15) is 0 Å². The Balaban J connectivity index is 1.91. The summed E-state index contributed by atoms with van der Waals surface area (Å²) in [5.41, 5.74) is 5.53. The molecule has 6 heteroatoms. The van der Waals surface area contributed by atoms with E-state index in [2.05, 4.69) is 4.98 Å². The fourth-order valence-corrected chi connectivity index (χ4v) is 4.13. The molecule has 3 heterocycles. The second-order valence-corrected chi connectivity index (χ2v) is 6.56. The average molecular weight is 275 g/mol. The first-order valence-corrected chi connectivity index (χ1v) is 7.00. The van der Waals surface area contributed by atoms with Gasteiger partial charge >= 0.3 is 0 Å². The number of aliphatic hydroxyl groups is 1. The summed E-state index contributed by atoms with van der Waals surface area (Å²) >= 11 is 7.18. The molecule has 0 amide bonds. The third kappa shape index (κ3) is 1.72.